The number of rotatable bonds is 87. The molecule has 3 saturated heterocycles. The Morgan fingerprint density at radius 2 is 0.667 bits per heavy atom. The number of aliphatic hydroxyl groups excluding tert-OH is 9. The molecule has 3 aliphatic heterocycles. The number of hydrogen-bond acceptors (Lipinski definition) is 26. The maximum Gasteiger partial charge on any atom is 0.305 e. The van der Waals surface area contributed by atoms with Crippen LogP contribution in [0.4, 0.5) is 0 Å². The van der Waals surface area contributed by atoms with E-state index in [0.29, 0.717) is 110 Å². The van der Waals surface area contributed by atoms with Crippen molar-refractivity contribution in [1.82, 2.24) is 26.2 Å². The van der Waals surface area contributed by atoms with Crippen LogP contribution in [-0.4, -0.2) is 298 Å². The molecule has 3 rings (SSSR count). The molecule has 0 aromatic rings. The second-order valence-corrected chi connectivity index (χ2v) is 37.1. The smallest absolute Gasteiger partial charge is 0.305 e. The molecule has 0 bridgehead atoms. The largest absolute Gasteiger partial charge is 0.463 e. The average Bonchev–Trinajstić information content (AvgIpc) is 0.833. The predicted molar refractivity (Wildman–Crippen MR) is 512 cm³/mol. The highest BCUT2D eigenvalue weighted by atomic mass is 16.7. The summed E-state index contributed by atoms with van der Waals surface area (Å²) in [6, 6.07) is -0.942. The molecule has 132 heavy (non-hydrogen) atoms. The minimum atomic E-state index is -1.24. The highest BCUT2D eigenvalue weighted by molar-refractivity contribution is 5.87. The summed E-state index contributed by atoms with van der Waals surface area (Å²) in [4.78, 5) is 79.5. The van der Waals surface area contributed by atoms with Crippen molar-refractivity contribution in [2.45, 2.75) is 468 Å². The summed E-state index contributed by atoms with van der Waals surface area (Å²) in [5.74, 6) is -3.12. The van der Waals surface area contributed by atoms with Gasteiger partial charge in [0.05, 0.1) is 64.6 Å². The quantitative estimate of drug-likeness (QED) is 0.0199. The van der Waals surface area contributed by atoms with Crippen molar-refractivity contribution in [3.8, 4) is 0 Å². The van der Waals surface area contributed by atoms with Crippen molar-refractivity contribution in [2.75, 3.05) is 125 Å². The SMILES string of the molecule is CCCCCCCCCCCCCCCCCCCCOCC(COC(=O)CC)OCCCCCCCCCCCCCCCCCCCC.CCOCCOCCC(=O)NC(CCCCNC(=O)CCCCOC1OC(CO)C(O)C(O)C1C)C(=O)N(CCCNC(=O)CCCCOC1OC(CO)C(O)C(O)C1C)CCCNC(=O)CCCCOC1OC(CO)C(O)C(O)C1C. The van der Waals surface area contributed by atoms with E-state index in [0.717, 1.165) is 26.1 Å². The van der Waals surface area contributed by atoms with Crippen LogP contribution >= 0.6 is 0 Å². The van der Waals surface area contributed by atoms with Gasteiger partial charge in [-0.15, -0.1) is 0 Å². The Hall–Kier alpha value is -3.94. The molecule has 31 heteroatoms. The molecule has 0 aromatic heterocycles. The summed E-state index contributed by atoms with van der Waals surface area (Å²) in [5, 5.41) is 101. The number of aliphatic hydroxyl groups is 9. The van der Waals surface area contributed by atoms with Crippen molar-refractivity contribution in [2.24, 2.45) is 17.8 Å². The molecule has 5 amide bonds. The van der Waals surface area contributed by atoms with Crippen molar-refractivity contribution < 1.29 is 127 Å². The second kappa shape index (κ2) is 85.1. The minimum Gasteiger partial charge on any atom is -0.463 e. The van der Waals surface area contributed by atoms with Crippen LogP contribution < -0.4 is 21.3 Å². The number of carbonyl (C=O) groups is 6. The third-order valence-electron chi connectivity index (χ3n) is 25.4. The summed E-state index contributed by atoms with van der Waals surface area (Å²) in [6.45, 7) is 17.4. The van der Waals surface area contributed by atoms with Gasteiger partial charge >= 0.3 is 5.97 Å². The highest BCUT2D eigenvalue weighted by Crippen LogP contribution is 2.31. The second-order valence-electron chi connectivity index (χ2n) is 37.1. The molecule has 17 atom stereocenters. The van der Waals surface area contributed by atoms with E-state index in [4.69, 9.17) is 52.1 Å². The van der Waals surface area contributed by atoms with Gasteiger partial charge in [-0.25, -0.2) is 0 Å². The topological polar surface area (TPSA) is 437 Å². The number of unbranched alkanes of at least 4 members (excludes halogenated alkanes) is 38. The number of amides is 5. The average molecular weight is 1890 g/mol. The number of esters is 1. The Morgan fingerprint density at radius 3 is 1.02 bits per heavy atom. The van der Waals surface area contributed by atoms with E-state index < -0.39 is 123 Å². The number of hydrogen-bond donors (Lipinski definition) is 13. The molecule has 3 fully saturated rings. The van der Waals surface area contributed by atoms with Crippen LogP contribution in [0, 0.1) is 17.8 Å². The van der Waals surface area contributed by atoms with Crippen LogP contribution in [0.5, 0.6) is 0 Å². The highest BCUT2D eigenvalue weighted by Gasteiger charge is 2.45. The van der Waals surface area contributed by atoms with Gasteiger partial charge in [0.25, 0.3) is 0 Å². The monoisotopic (exact) mass is 1890 g/mol. The first-order valence-corrected chi connectivity index (χ1v) is 52.7. The van der Waals surface area contributed by atoms with Gasteiger partial charge in [-0.05, 0) is 90.4 Å². The van der Waals surface area contributed by atoms with Crippen molar-refractivity contribution in [1.29, 1.82) is 0 Å². The van der Waals surface area contributed by atoms with Crippen LogP contribution in [-0.2, 0) is 80.9 Å². The minimum absolute atomic E-state index is 0.00980. The lowest BCUT2D eigenvalue weighted by Gasteiger charge is -2.40. The van der Waals surface area contributed by atoms with Gasteiger partial charge in [-0.3, -0.25) is 28.8 Å². The first-order valence-electron chi connectivity index (χ1n) is 52.7. The van der Waals surface area contributed by atoms with Crippen molar-refractivity contribution in [3.63, 3.8) is 0 Å². The van der Waals surface area contributed by atoms with Crippen LogP contribution in [0.15, 0.2) is 0 Å². The van der Waals surface area contributed by atoms with Crippen molar-refractivity contribution in [3.05, 3.63) is 0 Å². The van der Waals surface area contributed by atoms with E-state index in [-0.39, 0.29) is 120 Å². The molecule has 3 heterocycles. The Bertz CT molecular complexity index is 2650. The molecular formula is C101H193N5O26. The molecule has 0 spiro atoms. The summed E-state index contributed by atoms with van der Waals surface area (Å²) < 4.78 is 62.4. The third kappa shape index (κ3) is 62.2. The lowest BCUT2D eigenvalue weighted by atomic mass is 9.92. The molecule has 13 N–H and O–H groups in total. The van der Waals surface area contributed by atoms with Gasteiger partial charge in [-0.2, -0.15) is 0 Å². The third-order valence-corrected chi connectivity index (χ3v) is 25.4. The molecule has 0 radical (unpaired) electrons. The van der Waals surface area contributed by atoms with Crippen LogP contribution in [0.3, 0.4) is 0 Å². The lowest BCUT2D eigenvalue weighted by Crippen LogP contribution is -2.55. The molecule has 0 saturated carbocycles. The van der Waals surface area contributed by atoms with Crippen LogP contribution in [0.25, 0.3) is 0 Å². The van der Waals surface area contributed by atoms with E-state index >= 15 is 0 Å². The zero-order valence-corrected chi connectivity index (χ0v) is 83.4. The summed E-state index contributed by atoms with van der Waals surface area (Å²) in [5.41, 5.74) is 0. The van der Waals surface area contributed by atoms with Gasteiger partial charge in [0.1, 0.15) is 55.4 Å². The summed E-state index contributed by atoms with van der Waals surface area (Å²) >= 11 is 0. The Kier molecular flexibility index (Phi) is 80.0. The van der Waals surface area contributed by atoms with Gasteiger partial charge in [0, 0.05) is 122 Å². The van der Waals surface area contributed by atoms with Crippen molar-refractivity contribution >= 4 is 35.5 Å². The number of nitrogens with one attached hydrogen (secondary N) is 4. The predicted octanol–water partition coefficient (Wildman–Crippen LogP) is 13.3. The molecule has 0 aliphatic carbocycles. The Labute approximate surface area is 796 Å². The van der Waals surface area contributed by atoms with E-state index in [9.17, 15) is 74.7 Å². The summed E-state index contributed by atoms with van der Waals surface area (Å²) in [7, 11) is 0. The molecule has 31 nitrogen and oxygen atoms in total. The first kappa shape index (κ1) is 124. The number of nitrogens with zero attached hydrogens (tertiary/aromatic N) is 1. The van der Waals surface area contributed by atoms with Gasteiger partial charge < -0.3 is 124 Å². The number of carbonyl (C=O) groups excluding carboxylic acids is 6. The van der Waals surface area contributed by atoms with Crippen LogP contribution in [0.1, 0.15) is 382 Å². The fourth-order valence-corrected chi connectivity index (χ4v) is 16.6. The van der Waals surface area contributed by atoms with Gasteiger partial charge in [0.15, 0.2) is 18.9 Å². The van der Waals surface area contributed by atoms with E-state index in [1.165, 1.54) is 218 Å². The van der Waals surface area contributed by atoms with E-state index in [1.807, 2.05) is 13.8 Å². The van der Waals surface area contributed by atoms with Gasteiger partial charge in [0.2, 0.25) is 29.5 Å². The fraction of sp³-hybridized carbons (Fsp3) is 0.941. The zero-order chi connectivity index (χ0) is 96.7. The fourth-order valence-electron chi connectivity index (χ4n) is 16.6. The van der Waals surface area contributed by atoms with Gasteiger partial charge in [-0.1, -0.05) is 260 Å². The molecule has 3 aliphatic rings. The lowest BCUT2D eigenvalue weighted by molar-refractivity contribution is -0.282. The standard InChI is InChI=1S/C55H101N5O22.C46H92O4/c1-5-75-30-31-76-29-20-45(67)59-38(16-6-10-21-56-42(64)17-7-11-26-77-53-35(2)46(68)49(71)39(32-61)80-53)52(74)60(24-14-22-57-43(65)18-8-12-27-78-54-36(3)47(69)50(72)40(33-62)81-54)25-15-23-58-44(66)19-9-13-28-79-55-37(4)48(70)51(73)41(34-63)82-55;1-4-7-9-11-13-15-17-19-21-23-25-27-29-31-33-35-37-39-41-48-43-45(44-50-46(47)6-3)49-42-40-38-36-34-32-30-28-26-24-22-20-18-16-14-12-10-8-5-2/h35-41,46-51,53-55,61-63,68-73H,5-34H2,1-4H3,(H,56,64)(H,57,65)(H,58,66)(H,59,67);45H,4-44H2,1-3H3. The zero-order valence-electron chi connectivity index (χ0n) is 83.4. The maximum absolute atomic E-state index is 14.5. The molecule has 778 valence electrons. The molecule has 17 unspecified atom stereocenters. The molecule has 0 aromatic carbocycles. The van der Waals surface area contributed by atoms with E-state index in [2.05, 4.69) is 35.1 Å². The maximum atomic E-state index is 14.5. The first-order chi connectivity index (χ1) is 64.1. The van der Waals surface area contributed by atoms with Crippen LogP contribution in [0.2, 0.25) is 0 Å². The summed E-state index contributed by atoms with van der Waals surface area (Å²) in [6.07, 6.45) is 43.2. The van der Waals surface area contributed by atoms with E-state index in [1.54, 1.807) is 25.7 Å². The molecular weight excluding hydrogens is 1700 g/mol. The Morgan fingerprint density at radius 1 is 0.333 bits per heavy atom. The normalized spacial score (nSPS) is 22.4. The number of ether oxygens (including phenoxy) is 11. The Balaban J connectivity index is 0.00000101.